The first-order valence-electron chi connectivity index (χ1n) is 6.54. The van der Waals surface area contributed by atoms with Gasteiger partial charge in [-0.1, -0.05) is 29.3 Å². The number of nitrogens with zero attached hydrogens (tertiary/aromatic N) is 1. The van der Waals surface area contributed by atoms with Crippen molar-refractivity contribution in [3.63, 3.8) is 0 Å². The summed E-state index contributed by atoms with van der Waals surface area (Å²) in [5, 5.41) is 1.08. The van der Waals surface area contributed by atoms with Gasteiger partial charge in [0.25, 0.3) is 0 Å². The third kappa shape index (κ3) is 3.86. The molecule has 6 heteroatoms. The summed E-state index contributed by atoms with van der Waals surface area (Å²) in [5.74, 6) is 6.36. The molecule has 1 aromatic heterocycles. The Morgan fingerprint density at radius 2 is 1.86 bits per heavy atom. The van der Waals surface area contributed by atoms with E-state index in [0.29, 0.717) is 21.4 Å². The van der Waals surface area contributed by atoms with E-state index in [1.807, 2.05) is 19.9 Å². The third-order valence-electron chi connectivity index (χ3n) is 2.89. The summed E-state index contributed by atoms with van der Waals surface area (Å²) in [7, 11) is 0. The van der Waals surface area contributed by atoms with Gasteiger partial charge >= 0.3 is 0 Å². The van der Waals surface area contributed by atoms with E-state index in [9.17, 15) is 0 Å². The Balaban J connectivity index is 2.42. The summed E-state index contributed by atoms with van der Waals surface area (Å²) in [4.78, 5) is 4.18. The van der Waals surface area contributed by atoms with Gasteiger partial charge in [-0.05, 0) is 37.6 Å². The van der Waals surface area contributed by atoms with Crippen molar-refractivity contribution in [1.29, 1.82) is 0 Å². The van der Waals surface area contributed by atoms with Gasteiger partial charge in [0.1, 0.15) is 5.75 Å². The summed E-state index contributed by atoms with van der Waals surface area (Å²) in [6.07, 6.45) is 3.43. The van der Waals surface area contributed by atoms with Crippen molar-refractivity contribution < 1.29 is 4.74 Å². The molecule has 2 rings (SSSR count). The lowest BCUT2D eigenvalue weighted by Crippen LogP contribution is -2.29. The van der Waals surface area contributed by atoms with E-state index in [2.05, 4.69) is 10.4 Å². The van der Waals surface area contributed by atoms with Crippen LogP contribution in [-0.2, 0) is 0 Å². The maximum Gasteiger partial charge on any atom is 0.138 e. The minimum absolute atomic E-state index is 0.0650. The number of nitrogens with two attached hydrogens (primary N) is 1. The Morgan fingerprint density at radius 3 is 2.43 bits per heavy atom. The Labute approximate surface area is 134 Å². The second-order valence-electron chi connectivity index (χ2n) is 4.86. The number of nitrogens with one attached hydrogen (secondary N) is 1. The lowest BCUT2D eigenvalue weighted by Gasteiger charge is -2.20. The van der Waals surface area contributed by atoms with Gasteiger partial charge in [-0.2, -0.15) is 0 Å². The van der Waals surface area contributed by atoms with Gasteiger partial charge in [0.2, 0.25) is 0 Å². The monoisotopic (exact) mass is 325 g/mol. The second-order valence-corrected chi connectivity index (χ2v) is 5.67. The van der Waals surface area contributed by atoms with Gasteiger partial charge in [0.15, 0.2) is 0 Å². The van der Waals surface area contributed by atoms with Crippen molar-refractivity contribution in [3.8, 4) is 5.75 Å². The molecule has 0 saturated carbocycles. The molecular formula is C15H17Cl2N3O. The highest BCUT2D eigenvalue weighted by atomic mass is 35.5. The number of pyridine rings is 1. The first-order chi connectivity index (χ1) is 10.0. The molecule has 2 aromatic rings. The quantitative estimate of drug-likeness (QED) is 0.649. The number of rotatable bonds is 5. The summed E-state index contributed by atoms with van der Waals surface area (Å²) in [5.41, 5.74) is 4.27. The predicted octanol–water partition coefficient (Wildman–Crippen LogP) is 3.73. The minimum Gasteiger partial charge on any atom is -0.489 e. The van der Waals surface area contributed by atoms with Crippen molar-refractivity contribution in [3.05, 3.63) is 57.8 Å². The fraction of sp³-hybridized carbons (Fsp3) is 0.267. The summed E-state index contributed by atoms with van der Waals surface area (Å²) >= 11 is 12.5. The van der Waals surface area contributed by atoms with Crippen molar-refractivity contribution >= 4 is 23.2 Å². The van der Waals surface area contributed by atoms with Gasteiger partial charge in [-0.15, -0.1) is 0 Å². The average Bonchev–Trinajstić information content (AvgIpc) is 2.42. The van der Waals surface area contributed by atoms with Crippen LogP contribution in [0.3, 0.4) is 0 Å². The van der Waals surface area contributed by atoms with E-state index in [1.165, 1.54) is 0 Å². The zero-order valence-corrected chi connectivity index (χ0v) is 13.3. The highest BCUT2D eigenvalue weighted by Crippen LogP contribution is 2.34. The molecule has 0 radical (unpaired) electrons. The molecule has 0 fully saturated rings. The normalized spacial score (nSPS) is 12.5. The second kappa shape index (κ2) is 7.09. The molecule has 3 N–H and O–H groups in total. The number of halogens is 2. The van der Waals surface area contributed by atoms with Crippen LogP contribution in [0.1, 0.15) is 31.0 Å². The number of hydrogen-bond acceptors (Lipinski definition) is 4. The van der Waals surface area contributed by atoms with Crippen LogP contribution >= 0.6 is 23.2 Å². The third-order valence-corrected chi connectivity index (χ3v) is 3.55. The van der Waals surface area contributed by atoms with E-state index >= 15 is 0 Å². The van der Waals surface area contributed by atoms with Crippen molar-refractivity contribution in [1.82, 2.24) is 10.4 Å². The molecule has 112 valence electrons. The van der Waals surface area contributed by atoms with Gasteiger partial charge in [0, 0.05) is 21.8 Å². The molecule has 1 unspecified atom stereocenters. The number of benzene rings is 1. The summed E-state index contributed by atoms with van der Waals surface area (Å²) in [6.45, 7) is 3.91. The molecule has 1 atom stereocenters. The highest BCUT2D eigenvalue weighted by molar-refractivity contribution is 6.36. The van der Waals surface area contributed by atoms with E-state index < -0.39 is 0 Å². The molecule has 21 heavy (non-hydrogen) atoms. The van der Waals surface area contributed by atoms with Gasteiger partial charge < -0.3 is 4.74 Å². The lowest BCUT2D eigenvalue weighted by atomic mass is 10.0. The molecule has 0 spiro atoms. The number of aromatic nitrogens is 1. The molecule has 0 saturated heterocycles. The van der Waals surface area contributed by atoms with Crippen molar-refractivity contribution in [2.75, 3.05) is 0 Å². The van der Waals surface area contributed by atoms with Crippen molar-refractivity contribution in [2.24, 2.45) is 5.84 Å². The molecule has 0 aliphatic rings. The zero-order chi connectivity index (χ0) is 15.4. The fourth-order valence-electron chi connectivity index (χ4n) is 2.06. The zero-order valence-electron chi connectivity index (χ0n) is 11.8. The largest absolute Gasteiger partial charge is 0.489 e. The van der Waals surface area contributed by atoms with Gasteiger partial charge in [-0.25, -0.2) is 5.43 Å². The average molecular weight is 326 g/mol. The fourth-order valence-corrected chi connectivity index (χ4v) is 2.68. The van der Waals surface area contributed by atoms with Gasteiger partial charge in [-0.3, -0.25) is 10.8 Å². The summed E-state index contributed by atoms with van der Waals surface area (Å²) < 4.78 is 5.65. The lowest BCUT2D eigenvalue weighted by molar-refractivity contribution is 0.241. The summed E-state index contributed by atoms with van der Waals surface area (Å²) in [6, 6.07) is 6.84. The SMILES string of the molecule is CC(C)Oc1cncc(C(NN)c2c(Cl)cccc2Cl)c1. The van der Waals surface area contributed by atoms with Crippen LogP contribution in [0.15, 0.2) is 36.7 Å². The molecule has 0 amide bonds. The molecule has 0 bridgehead atoms. The molecule has 1 aromatic carbocycles. The van der Waals surface area contributed by atoms with Crippen molar-refractivity contribution in [2.45, 2.75) is 26.0 Å². The number of hydrazine groups is 1. The minimum atomic E-state index is -0.366. The Hall–Kier alpha value is -1.33. The van der Waals surface area contributed by atoms with E-state index in [0.717, 1.165) is 5.56 Å². The van der Waals surface area contributed by atoms with Gasteiger partial charge in [0.05, 0.1) is 18.3 Å². The van der Waals surface area contributed by atoms with E-state index in [1.54, 1.807) is 30.6 Å². The van der Waals surface area contributed by atoms with Crippen LogP contribution in [0.4, 0.5) is 0 Å². The topological polar surface area (TPSA) is 60.2 Å². The molecular weight excluding hydrogens is 309 g/mol. The molecule has 4 nitrogen and oxygen atoms in total. The Morgan fingerprint density at radius 1 is 1.19 bits per heavy atom. The highest BCUT2D eigenvalue weighted by Gasteiger charge is 2.19. The number of hydrogen-bond donors (Lipinski definition) is 2. The van der Waals surface area contributed by atoms with Crippen LogP contribution in [0, 0.1) is 0 Å². The van der Waals surface area contributed by atoms with Crippen LogP contribution in [0.5, 0.6) is 5.75 Å². The standard InChI is InChI=1S/C15H17Cl2N3O/c1-9(2)21-11-6-10(7-19-8-11)15(20-18)14-12(16)4-3-5-13(14)17/h3-9,15,20H,18H2,1-2H3. The Kier molecular flexibility index (Phi) is 5.42. The van der Waals surface area contributed by atoms with Crippen LogP contribution in [0.2, 0.25) is 10.0 Å². The van der Waals surface area contributed by atoms with Crippen LogP contribution in [0.25, 0.3) is 0 Å². The van der Waals surface area contributed by atoms with E-state index in [-0.39, 0.29) is 12.1 Å². The molecule has 0 aliphatic carbocycles. The maximum absolute atomic E-state index is 6.25. The van der Waals surface area contributed by atoms with Crippen LogP contribution < -0.4 is 16.0 Å². The smallest absolute Gasteiger partial charge is 0.138 e. The predicted molar refractivity (Wildman–Crippen MR) is 85.6 cm³/mol. The van der Waals surface area contributed by atoms with Crippen LogP contribution in [-0.4, -0.2) is 11.1 Å². The number of ether oxygens (including phenoxy) is 1. The molecule has 0 aliphatic heterocycles. The maximum atomic E-state index is 6.25. The first-order valence-corrected chi connectivity index (χ1v) is 7.30. The Bertz CT molecular complexity index is 599. The van der Waals surface area contributed by atoms with E-state index in [4.69, 9.17) is 33.8 Å². The first kappa shape index (κ1) is 16.0. The molecule has 1 heterocycles.